The van der Waals surface area contributed by atoms with Crippen molar-refractivity contribution < 1.29 is 14.3 Å². The van der Waals surface area contributed by atoms with Gasteiger partial charge in [-0.1, -0.05) is 19.1 Å². The van der Waals surface area contributed by atoms with Crippen LogP contribution in [0.15, 0.2) is 24.3 Å². The van der Waals surface area contributed by atoms with Gasteiger partial charge in [0.1, 0.15) is 5.75 Å². The highest BCUT2D eigenvalue weighted by Crippen LogP contribution is 2.33. The fraction of sp³-hybridized carbons (Fsp3) is 0.556. The lowest BCUT2D eigenvalue weighted by molar-refractivity contribution is -0.132. The van der Waals surface area contributed by atoms with Crippen LogP contribution >= 0.6 is 0 Å². The SMILES string of the molecule is CCN1CCN(C(=O)CCN2C(=O)C(C)Oc3ccccc32)CC1. The number of nitrogens with zero attached hydrogens (tertiary/aromatic N) is 3. The Morgan fingerprint density at radius 2 is 1.92 bits per heavy atom. The van der Waals surface area contributed by atoms with Crippen molar-refractivity contribution in [1.29, 1.82) is 0 Å². The molecule has 2 heterocycles. The molecule has 2 aliphatic rings. The maximum atomic E-state index is 12.5. The van der Waals surface area contributed by atoms with Crippen LogP contribution in [0, 0.1) is 0 Å². The number of likely N-dealkylation sites (N-methyl/N-ethyl adjacent to an activating group) is 1. The van der Waals surface area contributed by atoms with Crippen molar-refractivity contribution in [1.82, 2.24) is 9.80 Å². The molecular formula is C18H25N3O3. The lowest BCUT2D eigenvalue weighted by Gasteiger charge is -2.35. The summed E-state index contributed by atoms with van der Waals surface area (Å²) in [6.45, 7) is 8.72. The third-order valence-electron chi connectivity index (χ3n) is 4.80. The first-order valence-corrected chi connectivity index (χ1v) is 8.67. The number of piperazine rings is 1. The van der Waals surface area contributed by atoms with Gasteiger partial charge in [0, 0.05) is 39.1 Å². The second-order valence-electron chi connectivity index (χ2n) is 6.28. The second kappa shape index (κ2) is 7.21. The molecule has 1 unspecified atom stereocenters. The Kier molecular flexibility index (Phi) is 5.04. The highest BCUT2D eigenvalue weighted by atomic mass is 16.5. The van der Waals surface area contributed by atoms with Crippen molar-refractivity contribution in [2.75, 3.05) is 44.2 Å². The van der Waals surface area contributed by atoms with E-state index in [-0.39, 0.29) is 11.8 Å². The van der Waals surface area contributed by atoms with E-state index in [4.69, 9.17) is 4.74 Å². The summed E-state index contributed by atoms with van der Waals surface area (Å²) in [7, 11) is 0. The minimum Gasteiger partial charge on any atom is -0.479 e. The zero-order chi connectivity index (χ0) is 17.1. The van der Waals surface area contributed by atoms with E-state index >= 15 is 0 Å². The summed E-state index contributed by atoms with van der Waals surface area (Å²) in [6, 6.07) is 7.49. The van der Waals surface area contributed by atoms with Crippen molar-refractivity contribution in [3.05, 3.63) is 24.3 Å². The molecule has 3 rings (SSSR count). The molecule has 0 radical (unpaired) electrons. The minimum absolute atomic E-state index is 0.0858. The average Bonchev–Trinajstić information content (AvgIpc) is 2.62. The maximum Gasteiger partial charge on any atom is 0.267 e. The van der Waals surface area contributed by atoms with Crippen molar-refractivity contribution >= 4 is 17.5 Å². The Morgan fingerprint density at radius 3 is 2.62 bits per heavy atom. The number of para-hydroxylation sites is 2. The van der Waals surface area contributed by atoms with E-state index in [1.54, 1.807) is 11.8 Å². The molecule has 0 aromatic heterocycles. The molecular weight excluding hydrogens is 306 g/mol. The summed E-state index contributed by atoms with van der Waals surface area (Å²) in [5, 5.41) is 0. The highest BCUT2D eigenvalue weighted by Gasteiger charge is 2.31. The monoisotopic (exact) mass is 331 g/mol. The average molecular weight is 331 g/mol. The highest BCUT2D eigenvalue weighted by molar-refractivity contribution is 6.00. The Balaban J connectivity index is 1.62. The number of carbonyl (C=O) groups is 2. The fourth-order valence-corrected chi connectivity index (χ4v) is 3.27. The summed E-state index contributed by atoms with van der Waals surface area (Å²) in [5.41, 5.74) is 0.754. The van der Waals surface area contributed by atoms with Crippen molar-refractivity contribution in [2.45, 2.75) is 26.4 Å². The number of fused-ring (bicyclic) bond motifs is 1. The molecule has 1 aromatic carbocycles. The van der Waals surface area contributed by atoms with Gasteiger partial charge in [-0.15, -0.1) is 0 Å². The molecule has 0 bridgehead atoms. The molecule has 24 heavy (non-hydrogen) atoms. The Labute approximate surface area is 143 Å². The molecule has 2 amide bonds. The molecule has 0 spiro atoms. The molecule has 6 heteroatoms. The molecule has 1 saturated heterocycles. The zero-order valence-electron chi connectivity index (χ0n) is 14.4. The summed E-state index contributed by atoms with van der Waals surface area (Å²) in [4.78, 5) is 30.8. The number of anilines is 1. The van der Waals surface area contributed by atoms with E-state index in [2.05, 4.69) is 11.8 Å². The predicted octanol–water partition coefficient (Wildman–Crippen LogP) is 1.35. The van der Waals surface area contributed by atoms with Crippen molar-refractivity contribution in [3.63, 3.8) is 0 Å². The van der Waals surface area contributed by atoms with Crippen LogP contribution in [-0.2, 0) is 9.59 Å². The second-order valence-corrected chi connectivity index (χ2v) is 6.28. The number of amides is 2. The van der Waals surface area contributed by atoms with E-state index in [9.17, 15) is 9.59 Å². The number of hydrogen-bond donors (Lipinski definition) is 0. The molecule has 1 aromatic rings. The van der Waals surface area contributed by atoms with Gasteiger partial charge < -0.3 is 19.4 Å². The van der Waals surface area contributed by atoms with Crippen LogP contribution in [0.5, 0.6) is 5.75 Å². The lowest BCUT2D eigenvalue weighted by Crippen LogP contribution is -2.50. The molecule has 130 valence electrons. The standard InChI is InChI=1S/C18H25N3O3/c1-3-19-10-12-20(13-11-19)17(22)8-9-21-15-6-4-5-7-16(15)24-14(2)18(21)23/h4-7,14H,3,8-13H2,1-2H3. The molecule has 1 atom stereocenters. The topological polar surface area (TPSA) is 53.1 Å². The van der Waals surface area contributed by atoms with Gasteiger partial charge in [-0.05, 0) is 25.6 Å². The third-order valence-corrected chi connectivity index (χ3v) is 4.80. The van der Waals surface area contributed by atoms with Gasteiger partial charge in [0.2, 0.25) is 5.91 Å². The van der Waals surface area contributed by atoms with Gasteiger partial charge in [0.05, 0.1) is 5.69 Å². The smallest absolute Gasteiger partial charge is 0.267 e. The number of carbonyl (C=O) groups excluding carboxylic acids is 2. The number of hydrogen-bond acceptors (Lipinski definition) is 4. The summed E-state index contributed by atoms with van der Waals surface area (Å²) in [5.74, 6) is 0.737. The summed E-state index contributed by atoms with van der Waals surface area (Å²) < 4.78 is 5.63. The Bertz CT molecular complexity index is 611. The van der Waals surface area contributed by atoms with E-state index in [1.807, 2.05) is 29.2 Å². The van der Waals surface area contributed by atoms with Crippen LogP contribution in [-0.4, -0.2) is 67.0 Å². The van der Waals surface area contributed by atoms with Gasteiger partial charge in [0.25, 0.3) is 5.91 Å². The number of rotatable bonds is 4. The van der Waals surface area contributed by atoms with E-state index < -0.39 is 6.10 Å². The van der Waals surface area contributed by atoms with E-state index in [0.29, 0.717) is 18.7 Å². The Morgan fingerprint density at radius 1 is 1.21 bits per heavy atom. The summed E-state index contributed by atoms with van der Waals surface area (Å²) in [6.07, 6.45) is -0.165. The Hall–Kier alpha value is -2.08. The van der Waals surface area contributed by atoms with Gasteiger partial charge in [-0.25, -0.2) is 0 Å². The van der Waals surface area contributed by atoms with Crippen LogP contribution in [0.1, 0.15) is 20.3 Å². The first-order valence-electron chi connectivity index (χ1n) is 8.67. The summed E-state index contributed by atoms with van der Waals surface area (Å²) >= 11 is 0. The lowest BCUT2D eigenvalue weighted by atomic mass is 10.1. The van der Waals surface area contributed by atoms with Crippen molar-refractivity contribution in [3.8, 4) is 5.75 Å². The predicted molar refractivity (Wildman–Crippen MR) is 92.2 cm³/mol. The third kappa shape index (κ3) is 3.38. The van der Waals surface area contributed by atoms with Crippen LogP contribution < -0.4 is 9.64 Å². The normalized spacial score (nSPS) is 21.4. The van der Waals surface area contributed by atoms with Crippen LogP contribution in [0.2, 0.25) is 0 Å². The molecule has 1 fully saturated rings. The quantitative estimate of drug-likeness (QED) is 0.836. The molecule has 0 aliphatic carbocycles. The van der Waals surface area contributed by atoms with E-state index in [0.717, 1.165) is 38.4 Å². The first kappa shape index (κ1) is 16.8. The van der Waals surface area contributed by atoms with Crippen molar-refractivity contribution in [2.24, 2.45) is 0 Å². The van der Waals surface area contributed by atoms with Crippen LogP contribution in [0.3, 0.4) is 0 Å². The fourth-order valence-electron chi connectivity index (χ4n) is 3.27. The number of ether oxygens (including phenoxy) is 1. The maximum absolute atomic E-state index is 12.5. The largest absolute Gasteiger partial charge is 0.479 e. The van der Waals surface area contributed by atoms with Crippen LogP contribution in [0.25, 0.3) is 0 Å². The van der Waals surface area contributed by atoms with Gasteiger partial charge in [0.15, 0.2) is 6.10 Å². The first-order chi connectivity index (χ1) is 11.6. The number of benzene rings is 1. The van der Waals surface area contributed by atoms with Gasteiger partial charge in [-0.3, -0.25) is 9.59 Å². The molecule has 0 saturated carbocycles. The van der Waals surface area contributed by atoms with Crippen LogP contribution in [0.4, 0.5) is 5.69 Å². The van der Waals surface area contributed by atoms with E-state index in [1.165, 1.54) is 0 Å². The molecule has 6 nitrogen and oxygen atoms in total. The molecule has 2 aliphatic heterocycles. The van der Waals surface area contributed by atoms with Gasteiger partial charge in [-0.2, -0.15) is 0 Å². The zero-order valence-corrected chi connectivity index (χ0v) is 14.4. The molecule has 0 N–H and O–H groups in total. The van der Waals surface area contributed by atoms with Gasteiger partial charge >= 0.3 is 0 Å². The minimum atomic E-state index is -0.511.